The minimum atomic E-state index is -0.377. The summed E-state index contributed by atoms with van der Waals surface area (Å²) in [6.07, 6.45) is 3.20. The van der Waals surface area contributed by atoms with E-state index in [4.69, 9.17) is 4.74 Å². The molecule has 2 aromatic rings. The Balaban J connectivity index is 1.60. The predicted octanol–water partition coefficient (Wildman–Crippen LogP) is 4.23. The van der Waals surface area contributed by atoms with Gasteiger partial charge in [-0.3, -0.25) is 9.59 Å². The van der Waals surface area contributed by atoms with Gasteiger partial charge in [0.05, 0.1) is 0 Å². The van der Waals surface area contributed by atoms with E-state index in [2.05, 4.69) is 13.8 Å². The van der Waals surface area contributed by atoms with Crippen molar-refractivity contribution in [2.45, 2.75) is 45.2 Å². The Morgan fingerprint density at radius 2 is 1.48 bits per heavy atom. The Bertz CT molecular complexity index is 791. The first kappa shape index (κ1) is 19.1. The highest BCUT2D eigenvalue weighted by atomic mass is 19.1. The van der Waals surface area contributed by atoms with Crippen LogP contribution >= 0.6 is 0 Å². The van der Waals surface area contributed by atoms with Gasteiger partial charge in [-0.05, 0) is 81.6 Å². The van der Waals surface area contributed by atoms with Crippen molar-refractivity contribution < 1.29 is 18.7 Å². The second-order valence-corrected chi connectivity index (χ2v) is 7.08. The van der Waals surface area contributed by atoms with Crippen LogP contribution in [-0.4, -0.2) is 35.3 Å². The molecule has 5 heteroatoms. The minimum Gasteiger partial charge on any atom is -0.484 e. The molecule has 0 bridgehead atoms. The summed E-state index contributed by atoms with van der Waals surface area (Å²) in [4.78, 5) is 26.8. The van der Waals surface area contributed by atoms with Gasteiger partial charge >= 0.3 is 0 Å². The van der Waals surface area contributed by atoms with Crippen LogP contribution < -0.4 is 4.74 Å². The fraction of sp³-hybridized carbons (Fsp3) is 0.364. The highest BCUT2D eigenvalue weighted by Crippen LogP contribution is 2.23. The van der Waals surface area contributed by atoms with Crippen LogP contribution in [0.2, 0.25) is 0 Å². The van der Waals surface area contributed by atoms with E-state index in [9.17, 15) is 14.0 Å². The summed E-state index contributed by atoms with van der Waals surface area (Å²) in [5, 5.41) is 0. The van der Waals surface area contributed by atoms with Crippen LogP contribution in [0.15, 0.2) is 48.5 Å². The minimum absolute atomic E-state index is 0.0128. The number of hydrogen-bond acceptors (Lipinski definition) is 3. The van der Waals surface area contributed by atoms with Crippen molar-refractivity contribution >= 4 is 11.7 Å². The number of carbonyl (C=O) groups excluding carboxylic acids is 2. The summed E-state index contributed by atoms with van der Waals surface area (Å²) in [5.41, 5.74) is 0.909. The first-order chi connectivity index (χ1) is 13.0. The monoisotopic (exact) mass is 369 g/mol. The number of halogens is 1. The molecule has 142 valence electrons. The fourth-order valence-electron chi connectivity index (χ4n) is 3.60. The molecule has 0 spiro atoms. The molecule has 1 aliphatic heterocycles. The van der Waals surface area contributed by atoms with Gasteiger partial charge in [-0.15, -0.1) is 0 Å². The molecule has 27 heavy (non-hydrogen) atoms. The van der Waals surface area contributed by atoms with Crippen LogP contribution in [0.4, 0.5) is 4.39 Å². The lowest BCUT2D eigenvalue weighted by Crippen LogP contribution is -2.49. The topological polar surface area (TPSA) is 46.6 Å². The third-order valence-corrected chi connectivity index (χ3v) is 5.07. The maximum Gasteiger partial charge on any atom is 0.260 e. The number of carbonyl (C=O) groups is 2. The van der Waals surface area contributed by atoms with Gasteiger partial charge in [0.25, 0.3) is 5.91 Å². The number of amides is 1. The number of hydrogen-bond donors (Lipinski definition) is 0. The molecule has 4 nitrogen and oxygen atoms in total. The second-order valence-electron chi connectivity index (χ2n) is 7.08. The van der Waals surface area contributed by atoms with E-state index in [1.54, 1.807) is 24.3 Å². The average molecular weight is 369 g/mol. The van der Waals surface area contributed by atoms with Crippen LogP contribution in [0.3, 0.4) is 0 Å². The van der Waals surface area contributed by atoms with Gasteiger partial charge in [-0.25, -0.2) is 4.39 Å². The second kappa shape index (κ2) is 8.33. The number of likely N-dealkylation sites (tertiary alicyclic amines) is 1. The molecule has 1 heterocycles. The fourth-order valence-corrected chi connectivity index (χ4v) is 3.60. The SMILES string of the molecule is C[C@@H]1CCC[C@H](C)N1C(=O)COc1ccc(C(=O)c2ccc(F)cc2)cc1. The van der Waals surface area contributed by atoms with E-state index in [0.29, 0.717) is 16.9 Å². The molecule has 2 aromatic carbocycles. The zero-order valence-corrected chi connectivity index (χ0v) is 15.7. The van der Waals surface area contributed by atoms with E-state index in [-0.39, 0.29) is 36.2 Å². The average Bonchev–Trinajstić information content (AvgIpc) is 2.67. The molecule has 1 fully saturated rings. The van der Waals surface area contributed by atoms with Crippen molar-refractivity contribution in [1.82, 2.24) is 4.90 Å². The Kier molecular flexibility index (Phi) is 5.89. The van der Waals surface area contributed by atoms with Gasteiger partial charge in [-0.1, -0.05) is 0 Å². The molecule has 2 atom stereocenters. The number of rotatable bonds is 5. The summed E-state index contributed by atoms with van der Waals surface area (Å²) < 4.78 is 18.6. The van der Waals surface area contributed by atoms with Crippen molar-refractivity contribution in [3.63, 3.8) is 0 Å². The maximum absolute atomic E-state index is 13.0. The normalized spacial score (nSPS) is 19.6. The highest BCUT2D eigenvalue weighted by molar-refractivity contribution is 6.09. The van der Waals surface area contributed by atoms with Gasteiger partial charge in [0.1, 0.15) is 11.6 Å². The van der Waals surface area contributed by atoms with E-state index < -0.39 is 0 Å². The molecule has 0 radical (unpaired) electrons. The van der Waals surface area contributed by atoms with E-state index >= 15 is 0 Å². The summed E-state index contributed by atoms with van der Waals surface area (Å²) >= 11 is 0. The lowest BCUT2D eigenvalue weighted by atomic mass is 9.97. The quantitative estimate of drug-likeness (QED) is 0.741. The lowest BCUT2D eigenvalue weighted by molar-refractivity contribution is -0.139. The van der Waals surface area contributed by atoms with Crippen LogP contribution in [0.5, 0.6) is 5.75 Å². The molecule has 0 N–H and O–H groups in total. The standard InChI is InChI=1S/C22H24FNO3/c1-15-4-3-5-16(2)24(15)21(25)14-27-20-12-8-18(9-13-20)22(26)17-6-10-19(23)11-7-17/h6-13,15-16H,3-5,14H2,1-2H3/t15-,16+. The van der Waals surface area contributed by atoms with Crippen LogP contribution in [0.25, 0.3) is 0 Å². The van der Waals surface area contributed by atoms with Crippen molar-refractivity contribution in [2.24, 2.45) is 0 Å². The van der Waals surface area contributed by atoms with E-state index in [0.717, 1.165) is 19.3 Å². The molecule has 1 amide bonds. The van der Waals surface area contributed by atoms with Gasteiger partial charge in [0, 0.05) is 23.2 Å². The molecular weight excluding hydrogens is 345 g/mol. The molecule has 0 unspecified atom stereocenters. The van der Waals surface area contributed by atoms with Gasteiger partial charge in [-0.2, -0.15) is 0 Å². The number of nitrogens with zero attached hydrogens (tertiary/aromatic N) is 1. The number of ether oxygens (including phenoxy) is 1. The molecule has 0 aliphatic carbocycles. The van der Waals surface area contributed by atoms with Gasteiger partial charge in [0.2, 0.25) is 0 Å². The first-order valence-electron chi connectivity index (χ1n) is 9.30. The van der Waals surface area contributed by atoms with Crippen molar-refractivity contribution in [2.75, 3.05) is 6.61 Å². The molecular formula is C22H24FNO3. The summed E-state index contributed by atoms with van der Waals surface area (Å²) in [6.45, 7) is 4.13. The van der Waals surface area contributed by atoms with Crippen molar-refractivity contribution in [3.8, 4) is 5.75 Å². The van der Waals surface area contributed by atoms with Gasteiger partial charge < -0.3 is 9.64 Å². The highest BCUT2D eigenvalue weighted by Gasteiger charge is 2.28. The smallest absolute Gasteiger partial charge is 0.260 e. The Labute approximate surface area is 158 Å². The Hall–Kier alpha value is -2.69. The van der Waals surface area contributed by atoms with Gasteiger partial charge in [0.15, 0.2) is 12.4 Å². The summed E-state index contributed by atoms with van der Waals surface area (Å²) in [6, 6.07) is 12.6. The van der Waals surface area contributed by atoms with Crippen LogP contribution in [0.1, 0.15) is 49.0 Å². The molecule has 1 saturated heterocycles. The molecule has 0 saturated carbocycles. The van der Waals surface area contributed by atoms with Crippen LogP contribution in [0, 0.1) is 5.82 Å². The largest absolute Gasteiger partial charge is 0.484 e. The summed E-state index contributed by atoms with van der Waals surface area (Å²) in [5.74, 6) is -0.0385. The van der Waals surface area contributed by atoms with E-state index in [1.807, 2.05) is 4.90 Å². The number of piperidine rings is 1. The van der Waals surface area contributed by atoms with E-state index in [1.165, 1.54) is 24.3 Å². The zero-order valence-electron chi connectivity index (χ0n) is 15.7. The first-order valence-corrected chi connectivity index (χ1v) is 9.30. The maximum atomic E-state index is 13.0. The summed E-state index contributed by atoms with van der Waals surface area (Å²) in [7, 11) is 0. The Morgan fingerprint density at radius 3 is 2.04 bits per heavy atom. The van der Waals surface area contributed by atoms with Crippen LogP contribution in [-0.2, 0) is 4.79 Å². The third-order valence-electron chi connectivity index (χ3n) is 5.07. The zero-order chi connectivity index (χ0) is 19.4. The number of benzene rings is 2. The van der Waals surface area contributed by atoms with Crippen molar-refractivity contribution in [3.05, 3.63) is 65.5 Å². The predicted molar refractivity (Wildman–Crippen MR) is 101 cm³/mol. The Morgan fingerprint density at radius 1 is 0.963 bits per heavy atom. The third kappa shape index (κ3) is 4.54. The van der Waals surface area contributed by atoms with Crippen molar-refractivity contribution in [1.29, 1.82) is 0 Å². The molecule has 0 aromatic heterocycles. The molecule has 3 rings (SSSR count). The number of ketones is 1. The lowest BCUT2D eigenvalue weighted by Gasteiger charge is -2.38. The molecule has 1 aliphatic rings.